The topological polar surface area (TPSA) is 38.7 Å². The van der Waals surface area contributed by atoms with Crippen LogP contribution in [0.3, 0.4) is 0 Å². The molecule has 16 heavy (non-hydrogen) atoms. The summed E-state index contributed by atoms with van der Waals surface area (Å²) in [6, 6.07) is 1.74. The Kier molecular flexibility index (Phi) is 2.77. The van der Waals surface area contributed by atoms with Crippen molar-refractivity contribution in [1.29, 1.82) is 0 Å². The monoisotopic (exact) mass is 220 g/mol. The van der Waals surface area contributed by atoms with Gasteiger partial charge in [0.15, 0.2) is 11.5 Å². The lowest BCUT2D eigenvalue weighted by Crippen LogP contribution is -2.03. The summed E-state index contributed by atoms with van der Waals surface area (Å²) in [5.74, 6) is 1.47. The van der Waals surface area contributed by atoms with Crippen LogP contribution in [0.4, 0.5) is 0 Å². The molecule has 0 spiro atoms. The highest BCUT2D eigenvalue weighted by molar-refractivity contribution is 5.78. The Labute approximate surface area is 95.3 Å². The fraction of sp³-hybridized carbons (Fsp3) is 0.385. The van der Waals surface area contributed by atoms with Gasteiger partial charge in [-0.05, 0) is 25.3 Å². The van der Waals surface area contributed by atoms with Crippen LogP contribution in [0.15, 0.2) is 12.1 Å². The number of phenols is 1. The molecule has 0 bridgehead atoms. The van der Waals surface area contributed by atoms with Gasteiger partial charge >= 0.3 is 0 Å². The summed E-state index contributed by atoms with van der Waals surface area (Å²) in [5.41, 5.74) is 3.01. The maximum atomic E-state index is 10.1. The molecule has 2 rings (SSSR count). The summed E-state index contributed by atoms with van der Waals surface area (Å²) in [6.07, 6.45) is 4.01. The quantitative estimate of drug-likeness (QED) is 0.832. The molecular formula is C13H16O3. The van der Waals surface area contributed by atoms with Crippen LogP contribution < -0.4 is 9.47 Å². The molecule has 1 N–H and O–H groups in total. The van der Waals surface area contributed by atoms with Gasteiger partial charge in [-0.2, -0.15) is 0 Å². The largest absolute Gasteiger partial charge is 0.504 e. The molecule has 0 fully saturated rings. The molecule has 0 aromatic heterocycles. The molecule has 0 heterocycles. The van der Waals surface area contributed by atoms with Crippen molar-refractivity contribution in [3.63, 3.8) is 0 Å². The molecule has 0 unspecified atom stereocenters. The van der Waals surface area contributed by atoms with E-state index < -0.39 is 0 Å². The van der Waals surface area contributed by atoms with Gasteiger partial charge < -0.3 is 14.6 Å². The summed E-state index contributed by atoms with van der Waals surface area (Å²) in [6.45, 7) is 2.00. The fourth-order valence-corrected chi connectivity index (χ4v) is 2.21. The first-order valence-electron chi connectivity index (χ1n) is 5.33. The number of rotatable bonds is 2. The summed E-state index contributed by atoms with van der Waals surface area (Å²) < 4.78 is 10.5. The average Bonchev–Trinajstić information content (AvgIpc) is 2.30. The van der Waals surface area contributed by atoms with E-state index in [1.54, 1.807) is 20.3 Å². The SMILES string of the molecule is COc1cc(OC)c2c(c1O)C(C)=CCC2. The van der Waals surface area contributed by atoms with Gasteiger partial charge in [0.1, 0.15) is 5.75 Å². The number of allylic oxidation sites excluding steroid dienone is 2. The highest BCUT2D eigenvalue weighted by atomic mass is 16.5. The van der Waals surface area contributed by atoms with E-state index >= 15 is 0 Å². The highest BCUT2D eigenvalue weighted by Gasteiger charge is 2.21. The van der Waals surface area contributed by atoms with Gasteiger partial charge in [0.05, 0.1) is 14.2 Å². The first-order valence-corrected chi connectivity index (χ1v) is 5.33. The van der Waals surface area contributed by atoms with Crippen molar-refractivity contribution >= 4 is 5.57 Å². The number of methoxy groups -OCH3 is 2. The van der Waals surface area contributed by atoms with Crippen LogP contribution in [0.1, 0.15) is 24.5 Å². The molecule has 0 amide bonds. The van der Waals surface area contributed by atoms with E-state index in [-0.39, 0.29) is 5.75 Å². The predicted octanol–water partition coefficient (Wildman–Crippen LogP) is 2.76. The van der Waals surface area contributed by atoms with E-state index in [9.17, 15) is 5.11 Å². The molecule has 0 aliphatic heterocycles. The van der Waals surface area contributed by atoms with Gasteiger partial charge in [-0.15, -0.1) is 0 Å². The lowest BCUT2D eigenvalue weighted by atomic mass is 9.90. The molecule has 1 aliphatic carbocycles. The fourth-order valence-electron chi connectivity index (χ4n) is 2.21. The van der Waals surface area contributed by atoms with Crippen molar-refractivity contribution < 1.29 is 14.6 Å². The number of fused-ring (bicyclic) bond motifs is 1. The van der Waals surface area contributed by atoms with E-state index in [4.69, 9.17) is 9.47 Å². The Morgan fingerprint density at radius 1 is 1.19 bits per heavy atom. The molecule has 86 valence electrons. The summed E-state index contributed by atoms with van der Waals surface area (Å²) in [7, 11) is 3.18. The van der Waals surface area contributed by atoms with Gasteiger partial charge in [-0.1, -0.05) is 6.08 Å². The number of ether oxygens (including phenoxy) is 2. The van der Waals surface area contributed by atoms with Gasteiger partial charge in [-0.3, -0.25) is 0 Å². The third kappa shape index (κ3) is 1.52. The van der Waals surface area contributed by atoms with Crippen LogP contribution in [0.2, 0.25) is 0 Å². The Balaban J connectivity index is 2.71. The van der Waals surface area contributed by atoms with Crippen molar-refractivity contribution in [2.45, 2.75) is 19.8 Å². The lowest BCUT2D eigenvalue weighted by molar-refractivity contribution is 0.361. The van der Waals surface area contributed by atoms with Crippen molar-refractivity contribution in [1.82, 2.24) is 0 Å². The summed E-state index contributed by atoms with van der Waals surface area (Å²) in [4.78, 5) is 0. The Morgan fingerprint density at radius 2 is 1.88 bits per heavy atom. The van der Waals surface area contributed by atoms with E-state index in [1.165, 1.54) is 0 Å². The Bertz CT molecular complexity index is 447. The van der Waals surface area contributed by atoms with E-state index in [0.717, 1.165) is 35.3 Å². The maximum absolute atomic E-state index is 10.1. The normalized spacial score (nSPS) is 14.1. The Hall–Kier alpha value is -1.64. The molecule has 3 nitrogen and oxygen atoms in total. The molecule has 0 atom stereocenters. The molecule has 1 aliphatic rings. The minimum Gasteiger partial charge on any atom is -0.504 e. The number of benzene rings is 1. The Morgan fingerprint density at radius 3 is 2.50 bits per heavy atom. The van der Waals surface area contributed by atoms with Crippen LogP contribution in [0, 0.1) is 0 Å². The van der Waals surface area contributed by atoms with Gasteiger partial charge in [0, 0.05) is 17.2 Å². The van der Waals surface area contributed by atoms with Gasteiger partial charge in [-0.25, -0.2) is 0 Å². The van der Waals surface area contributed by atoms with E-state index in [2.05, 4.69) is 6.08 Å². The molecule has 3 heteroatoms. The predicted molar refractivity (Wildman–Crippen MR) is 63.2 cm³/mol. The average molecular weight is 220 g/mol. The highest BCUT2D eigenvalue weighted by Crippen LogP contribution is 2.44. The second kappa shape index (κ2) is 4.08. The van der Waals surface area contributed by atoms with Crippen molar-refractivity contribution in [3.8, 4) is 17.2 Å². The zero-order valence-corrected chi connectivity index (χ0v) is 9.83. The number of hydrogen-bond donors (Lipinski definition) is 1. The van der Waals surface area contributed by atoms with Crippen LogP contribution in [-0.4, -0.2) is 19.3 Å². The molecule has 0 saturated heterocycles. The van der Waals surface area contributed by atoms with Gasteiger partial charge in [0.25, 0.3) is 0 Å². The minimum absolute atomic E-state index is 0.215. The van der Waals surface area contributed by atoms with Crippen LogP contribution >= 0.6 is 0 Å². The molecular weight excluding hydrogens is 204 g/mol. The number of hydrogen-bond acceptors (Lipinski definition) is 3. The second-order valence-corrected chi connectivity index (χ2v) is 3.91. The molecule has 0 saturated carbocycles. The van der Waals surface area contributed by atoms with Crippen LogP contribution in [-0.2, 0) is 6.42 Å². The molecule has 1 aromatic carbocycles. The smallest absolute Gasteiger partial charge is 0.165 e. The molecule has 0 radical (unpaired) electrons. The van der Waals surface area contributed by atoms with Gasteiger partial charge in [0.2, 0.25) is 0 Å². The number of aromatic hydroxyl groups is 1. The first-order chi connectivity index (χ1) is 7.69. The first kappa shape index (κ1) is 10.9. The van der Waals surface area contributed by atoms with Crippen molar-refractivity contribution in [3.05, 3.63) is 23.3 Å². The van der Waals surface area contributed by atoms with Crippen molar-refractivity contribution in [2.75, 3.05) is 14.2 Å². The zero-order chi connectivity index (χ0) is 11.7. The lowest BCUT2D eigenvalue weighted by Gasteiger charge is -2.21. The van der Waals surface area contributed by atoms with Crippen LogP contribution in [0.5, 0.6) is 17.2 Å². The van der Waals surface area contributed by atoms with E-state index in [1.807, 2.05) is 6.92 Å². The third-order valence-corrected chi connectivity index (χ3v) is 3.01. The second-order valence-electron chi connectivity index (χ2n) is 3.91. The standard InChI is InChI=1S/C13H16O3/c1-8-5-4-6-9-10(15-2)7-11(16-3)13(14)12(8)9/h5,7,14H,4,6H2,1-3H3. The summed E-state index contributed by atoms with van der Waals surface area (Å²) >= 11 is 0. The maximum Gasteiger partial charge on any atom is 0.165 e. The molecule has 1 aromatic rings. The van der Waals surface area contributed by atoms with E-state index in [0.29, 0.717) is 5.75 Å². The third-order valence-electron chi connectivity index (χ3n) is 3.01. The van der Waals surface area contributed by atoms with Crippen LogP contribution in [0.25, 0.3) is 5.57 Å². The number of phenolic OH excluding ortho intramolecular Hbond substituents is 1. The van der Waals surface area contributed by atoms with Crippen molar-refractivity contribution in [2.24, 2.45) is 0 Å². The summed E-state index contributed by atoms with van der Waals surface area (Å²) in [5, 5.41) is 10.1. The minimum atomic E-state index is 0.215. The zero-order valence-electron chi connectivity index (χ0n) is 9.83.